The molecule has 0 amide bonds. The number of rotatable bonds is 4. The van der Waals surface area contributed by atoms with Crippen LogP contribution in [0.1, 0.15) is 5.56 Å². The number of hydrogen-bond donors (Lipinski definition) is 0. The normalized spacial score (nSPS) is 10.2. The van der Waals surface area contributed by atoms with E-state index in [4.69, 9.17) is 4.74 Å². The number of non-ortho nitro benzene ring substituents is 1. The minimum absolute atomic E-state index is 0.0655. The maximum absolute atomic E-state index is 13.3. The van der Waals surface area contributed by atoms with Gasteiger partial charge in [0.15, 0.2) is 0 Å². The molecule has 0 N–H and O–H groups in total. The Morgan fingerprint density at radius 1 is 1.11 bits per heavy atom. The molecule has 0 saturated carbocycles. The van der Waals surface area contributed by atoms with E-state index in [1.807, 2.05) is 0 Å². The highest BCUT2D eigenvalue weighted by Crippen LogP contribution is 2.19. The molecule has 4 nitrogen and oxygen atoms in total. The quantitative estimate of drug-likeness (QED) is 0.628. The lowest BCUT2D eigenvalue weighted by Crippen LogP contribution is -1.99. The number of ether oxygens (including phenoxy) is 1. The van der Waals surface area contributed by atoms with Gasteiger partial charge in [0.1, 0.15) is 24.0 Å². The van der Waals surface area contributed by atoms with E-state index >= 15 is 0 Å². The van der Waals surface area contributed by atoms with Gasteiger partial charge < -0.3 is 4.74 Å². The maximum atomic E-state index is 13.3. The van der Waals surface area contributed by atoms with Crippen LogP contribution in [0.4, 0.5) is 14.5 Å². The summed E-state index contributed by atoms with van der Waals surface area (Å²) in [5.74, 6) is -0.777. The van der Waals surface area contributed by atoms with Crippen LogP contribution in [0.5, 0.6) is 5.75 Å². The Hall–Kier alpha value is -2.50. The van der Waals surface area contributed by atoms with Gasteiger partial charge in [0.25, 0.3) is 5.69 Å². The van der Waals surface area contributed by atoms with E-state index in [-0.39, 0.29) is 17.9 Å². The highest BCUT2D eigenvalue weighted by molar-refractivity contribution is 5.36. The highest BCUT2D eigenvalue weighted by Gasteiger charge is 2.07. The largest absolute Gasteiger partial charge is 0.489 e. The fourth-order valence-electron chi connectivity index (χ4n) is 1.48. The summed E-state index contributed by atoms with van der Waals surface area (Å²) in [6, 6.07) is 8.43. The molecule has 0 aliphatic rings. The number of nitro benzene ring substituents is 1. The average Bonchev–Trinajstić information content (AvgIpc) is 2.40. The summed E-state index contributed by atoms with van der Waals surface area (Å²) in [7, 11) is 0. The van der Waals surface area contributed by atoms with Gasteiger partial charge in [-0.2, -0.15) is 0 Å². The number of halogens is 2. The van der Waals surface area contributed by atoms with Crippen molar-refractivity contribution < 1.29 is 18.4 Å². The standard InChI is InChI=1S/C13H9F2NO3/c14-10-1-6-13(15)9(7-10)8-19-12-4-2-11(3-5-12)16(17)18/h1-7H,8H2. The van der Waals surface area contributed by atoms with Crippen LogP contribution in [0.25, 0.3) is 0 Å². The second-order valence-corrected chi connectivity index (χ2v) is 3.78. The molecule has 0 radical (unpaired) electrons. The molecule has 0 bridgehead atoms. The zero-order valence-corrected chi connectivity index (χ0v) is 9.68. The molecular weight excluding hydrogens is 256 g/mol. The van der Waals surface area contributed by atoms with E-state index in [1.165, 1.54) is 24.3 Å². The monoisotopic (exact) mass is 265 g/mol. The molecule has 19 heavy (non-hydrogen) atoms. The third kappa shape index (κ3) is 3.25. The fraction of sp³-hybridized carbons (Fsp3) is 0.0769. The molecular formula is C13H9F2NO3. The van der Waals surface area contributed by atoms with Crippen molar-refractivity contribution in [2.75, 3.05) is 0 Å². The summed E-state index contributed by atoms with van der Waals surface area (Å²) in [6.45, 7) is -0.151. The van der Waals surface area contributed by atoms with Crippen molar-refractivity contribution in [1.29, 1.82) is 0 Å². The average molecular weight is 265 g/mol. The van der Waals surface area contributed by atoms with Crippen LogP contribution in [0.15, 0.2) is 42.5 Å². The lowest BCUT2D eigenvalue weighted by Gasteiger charge is -2.07. The van der Waals surface area contributed by atoms with Crippen LogP contribution in [0.3, 0.4) is 0 Å². The molecule has 0 aliphatic heterocycles. The van der Waals surface area contributed by atoms with Crippen LogP contribution in [0.2, 0.25) is 0 Å². The number of hydrogen-bond acceptors (Lipinski definition) is 3. The van der Waals surface area contributed by atoms with Gasteiger partial charge in [0, 0.05) is 17.7 Å². The highest BCUT2D eigenvalue weighted by atomic mass is 19.1. The first kappa shape index (κ1) is 12.9. The van der Waals surface area contributed by atoms with Crippen molar-refractivity contribution in [3.63, 3.8) is 0 Å². The molecule has 0 fully saturated rings. The third-order valence-electron chi connectivity index (χ3n) is 2.45. The van der Waals surface area contributed by atoms with Gasteiger partial charge in [-0.05, 0) is 30.3 Å². The zero-order chi connectivity index (χ0) is 13.8. The smallest absolute Gasteiger partial charge is 0.269 e. The van der Waals surface area contributed by atoms with Gasteiger partial charge in [0.05, 0.1) is 4.92 Å². The Kier molecular flexibility index (Phi) is 3.70. The Morgan fingerprint density at radius 2 is 1.79 bits per heavy atom. The summed E-state index contributed by atoms with van der Waals surface area (Å²) in [4.78, 5) is 9.92. The van der Waals surface area contributed by atoms with Crippen LogP contribution in [-0.4, -0.2) is 4.92 Å². The van der Waals surface area contributed by atoms with Crippen LogP contribution < -0.4 is 4.74 Å². The van der Waals surface area contributed by atoms with Crippen LogP contribution >= 0.6 is 0 Å². The van der Waals surface area contributed by atoms with Crippen molar-refractivity contribution in [2.24, 2.45) is 0 Å². The lowest BCUT2D eigenvalue weighted by molar-refractivity contribution is -0.384. The van der Waals surface area contributed by atoms with E-state index < -0.39 is 16.6 Å². The zero-order valence-electron chi connectivity index (χ0n) is 9.68. The van der Waals surface area contributed by atoms with E-state index in [1.54, 1.807) is 0 Å². The number of nitro groups is 1. The van der Waals surface area contributed by atoms with Gasteiger partial charge in [-0.3, -0.25) is 10.1 Å². The fourth-order valence-corrected chi connectivity index (χ4v) is 1.48. The molecule has 98 valence electrons. The Morgan fingerprint density at radius 3 is 2.42 bits per heavy atom. The molecule has 2 aromatic rings. The van der Waals surface area contributed by atoms with Crippen molar-refractivity contribution in [1.82, 2.24) is 0 Å². The minimum atomic E-state index is -0.566. The maximum Gasteiger partial charge on any atom is 0.269 e. The predicted octanol–water partition coefficient (Wildman–Crippen LogP) is 3.45. The molecule has 0 atom stereocenters. The molecule has 6 heteroatoms. The lowest BCUT2D eigenvalue weighted by atomic mass is 10.2. The molecule has 0 spiro atoms. The molecule has 0 heterocycles. The topological polar surface area (TPSA) is 52.4 Å². The number of benzene rings is 2. The first-order valence-electron chi connectivity index (χ1n) is 5.37. The van der Waals surface area contributed by atoms with Gasteiger partial charge in [0.2, 0.25) is 0 Å². The van der Waals surface area contributed by atoms with E-state index in [9.17, 15) is 18.9 Å². The summed E-state index contributed by atoms with van der Waals surface area (Å²) in [5.41, 5.74) is 0.0163. The van der Waals surface area contributed by atoms with Crippen LogP contribution in [-0.2, 0) is 6.61 Å². The Labute approximate surface area is 107 Å². The molecule has 0 unspecified atom stereocenters. The van der Waals surface area contributed by atoms with Crippen LogP contribution in [0, 0.1) is 21.7 Å². The summed E-state index contributed by atoms with van der Waals surface area (Å²) < 4.78 is 31.5. The van der Waals surface area contributed by atoms with Crippen molar-refractivity contribution in [2.45, 2.75) is 6.61 Å². The summed E-state index contributed by atoms with van der Waals surface area (Å²) >= 11 is 0. The SMILES string of the molecule is O=[N+]([O-])c1ccc(OCc2cc(F)ccc2F)cc1. The van der Waals surface area contributed by atoms with Gasteiger partial charge in [-0.1, -0.05) is 0 Å². The molecule has 0 aliphatic carbocycles. The second kappa shape index (κ2) is 5.43. The second-order valence-electron chi connectivity index (χ2n) is 3.78. The van der Waals surface area contributed by atoms with Gasteiger partial charge in [-0.15, -0.1) is 0 Å². The third-order valence-corrected chi connectivity index (χ3v) is 2.45. The summed E-state index contributed by atoms with van der Waals surface area (Å²) in [5, 5.41) is 10.4. The van der Waals surface area contributed by atoms with Crippen molar-refractivity contribution in [3.05, 3.63) is 69.8 Å². The Balaban J connectivity index is 2.06. The number of nitrogens with zero attached hydrogens (tertiary/aromatic N) is 1. The van der Waals surface area contributed by atoms with Crippen molar-refractivity contribution in [3.8, 4) is 5.75 Å². The molecule has 0 aromatic heterocycles. The van der Waals surface area contributed by atoms with Gasteiger partial charge >= 0.3 is 0 Å². The van der Waals surface area contributed by atoms with E-state index in [2.05, 4.69) is 0 Å². The van der Waals surface area contributed by atoms with Gasteiger partial charge in [-0.25, -0.2) is 8.78 Å². The first-order chi connectivity index (χ1) is 9.06. The predicted molar refractivity (Wildman–Crippen MR) is 63.8 cm³/mol. The van der Waals surface area contributed by atoms with E-state index in [0.717, 1.165) is 18.2 Å². The summed E-state index contributed by atoms with van der Waals surface area (Å²) in [6.07, 6.45) is 0. The molecule has 2 aromatic carbocycles. The molecule has 0 saturated heterocycles. The first-order valence-corrected chi connectivity index (χ1v) is 5.37. The van der Waals surface area contributed by atoms with Crippen molar-refractivity contribution >= 4 is 5.69 Å². The minimum Gasteiger partial charge on any atom is -0.489 e. The van der Waals surface area contributed by atoms with E-state index in [0.29, 0.717) is 5.75 Å². The Bertz CT molecular complexity index is 599. The molecule has 2 rings (SSSR count).